The van der Waals surface area contributed by atoms with Crippen molar-refractivity contribution in [2.24, 2.45) is 10.8 Å². The minimum atomic E-state index is -2.02. The van der Waals surface area contributed by atoms with Crippen molar-refractivity contribution < 1.29 is 34.4 Å². The minimum absolute atomic E-state index is 0. The Morgan fingerprint density at radius 1 is 0.825 bits per heavy atom. The van der Waals surface area contributed by atoms with Crippen LogP contribution in [0.2, 0.25) is 17.3 Å². The molecule has 1 fully saturated rings. The second-order valence-corrected chi connectivity index (χ2v) is 28.1. The first-order valence-electron chi connectivity index (χ1n) is 21.0. The summed E-state index contributed by atoms with van der Waals surface area (Å²) in [5.74, 6) is 8.15. The van der Waals surface area contributed by atoms with Crippen molar-refractivity contribution in [1.82, 2.24) is 9.97 Å². The molecule has 3 aromatic heterocycles. The molecule has 3 heterocycles. The molecule has 3 aromatic carbocycles. The number of hydrogen-bond acceptors (Lipinski definition) is 5. The molecule has 0 unspecified atom stereocenters. The van der Waals surface area contributed by atoms with Crippen LogP contribution in [0.1, 0.15) is 111 Å². The molecule has 0 bridgehead atoms. The normalized spacial score (nSPS) is 14.4. The van der Waals surface area contributed by atoms with Crippen LogP contribution < -0.4 is 4.40 Å². The Labute approximate surface area is 356 Å². The average molecular weight is 1000 g/mol. The van der Waals surface area contributed by atoms with Crippen molar-refractivity contribution in [3.8, 4) is 22.4 Å². The third-order valence-corrected chi connectivity index (χ3v) is 17.2. The molecule has 0 amide bonds. The van der Waals surface area contributed by atoms with Crippen molar-refractivity contribution in [1.29, 1.82) is 0 Å². The Hall–Kier alpha value is -3.58. The van der Waals surface area contributed by atoms with Crippen LogP contribution in [-0.2, 0) is 24.9 Å². The number of nitrogens with zero attached hydrogens (tertiary/aromatic N) is 2. The molecule has 1 saturated carbocycles. The predicted molar refractivity (Wildman–Crippen MR) is 238 cm³/mol. The predicted octanol–water partition coefficient (Wildman–Crippen LogP) is 13.9. The Morgan fingerprint density at radius 3 is 2.12 bits per heavy atom. The SMILES string of the molecule is CCC(C)(CC)C(=O)/C=C(\O)C(C)(CC)CC.[CH3][Ge]([CH3])([CH3])[c]1ccc2nc(-c3[c-]ccc4c3oc3nc(C5CCCCC5)ccc34)cc(-c3ccccc3)c2c1.[Ir]. The van der Waals surface area contributed by atoms with Crippen LogP contribution in [0, 0.1) is 16.9 Å². The molecule has 1 aliphatic rings. The molecule has 303 valence electrons. The third-order valence-electron chi connectivity index (χ3n) is 13.0. The summed E-state index contributed by atoms with van der Waals surface area (Å²) in [6.07, 6.45) is 11.1. The summed E-state index contributed by atoms with van der Waals surface area (Å²) < 4.78 is 8.00. The number of allylic oxidation sites excluding steroid dienone is 2. The second kappa shape index (κ2) is 18.6. The van der Waals surface area contributed by atoms with E-state index in [1.807, 2.05) is 47.6 Å². The van der Waals surface area contributed by atoms with E-state index in [-0.39, 0.29) is 42.5 Å². The van der Waals surface area contributed by atoms with Gasteiger partial charge in [-0.3, -0.25) is 4.79 Å². The van der Waals surface area contributed by atoms with Gasteiger partial charge in [0.15, 0.2) is 5.78 Å². The van der Waals surface area contributed by atoms with Crippen LogP contribution in [0.5, 0.6) is 0 Å². The molecular weight excluding hydrogens is 941 g/mol. The molecule has 6 aromatic rings. The quantitative estimate of drug-likeness (QED) is 0.0606. The zero-order valence-corrected chi connectivity index (χ0v) is 40.0. The van der Waals surface area contributed by atoms with Gasteiger partial charge < -0.3 is 5.11 Å². The van der Waals surface area contributed by atoms with Gasteiger partial charge in [0.25, 0.3) is 0 Å². The van der Waals surface area contributed by atoms with E-state index in [0.29, 0.717) is 5.92 Å². The summed E-state index contributed by atoms with van der Waals surface area (Å²) in [6.45, 7) is 12.1. The van der Waals surface area contributed by atoms with Crippen LogP contribution in [0.25, 0.3) is 55.4 Å². The van der Waals surface area contributed by atoms with E-state index in [0.717, 1.165) is 64.5 Å². The van der Waals surface area contributed by atoms with Crippen LogP contribution >= 0.6 is 0 Å². The summed E-state index contributed by atoms with van der Waals surface area (Å²) in [7, 11) is 0. The zero-order chi connectivity index (χ0) is 40.3. The first kappa shape index (κ1) is 44.5. The molecule has 7 rings (SSSR count). The maximum absolute atomic E-state index is 12.2. The number of carbonyl (C=O) groups excluding carboxylic acids is 1. The van der Waals surface area contributed by atoms with Gasteiger partial charge in [-0.2, -0.15) is 0 Å². The number of benzene rings is 3. The first-order valence-corrected chi connectivity index (χ1v) is 28.3. The fourth-order valence-corrected chi connectivity index (χ4v) is 10.2. The van der Waals surface area contributed by atoms with Gasteiger partial charge in [0.2, 0.25) is 0 Å². The van der Waals surface area contributed by atoms with Crippen molar-refractivity contribution in [3.05, 3.63) is 102 Å². The van der Waals surface area contributed by atoms with Crippen molar-refractivity contribution in [2.75, 3.05) is 0 Å². The second-order valence-electron chi connectivity index (χ2n) is 17.5. The van der Waals surface area contributed by atoms with Gasteiger partial charge >= 0.3 is 195 Å². The topological polar surface area (TPSA) is 76.2 Å². The zero-order valence-electron chi connectivity index (χ0n) is 35.5. The van der Waals surface area contributed by atoms with Gasteiger partial charge in [-0.25, -0.2) is 0 Å². The number of rotatable bonds is 11. The number of aliphatic hydroxyl groups is 1. The summed E-state index contributed by atoms with van der Waals surface area (Å²) in [4.78, 5) is 22.4. The van der Waals surface area contributed by atoms with E-state index in [2.05, 4.69) is 96.1 Å². The Morgan fingerprint density at radius 2 is 1.49 bits per heavy atom. The fraction of sp³-hybridized carbons (Fsp3) is 0.420. The van der Waals surface area contributed by atoms with Crippen LogP contribution in [0.15, 0.2) is 95.1 Å². The summed E-state index contributed by atoms with van der Waals surface area (Å²) in [5, 5.41) is 13.5. The molecule has 1 aliphatic carbocycles. The maximum Gasteiger partial charge on any atom is 0 e. The van der Waals surface area contributed by atoms with Gasteiger partial charge in [0.05, 0.1) is 0 Å². The molecule has 0 atom stereocenters. The molecule has 57 heavy (non-hydrogen) atoms. The maximum atomic E-state index is 12.2. The van der Waals surface area contributed by atoms with Gasteiger partial charge in [-0.15, -0.1) is 0 Å². The van der Waals surface area contributed by atoms with E-state index >= 15 is 0 Å². The fourth-order valence-electron chi connectivity index (χ4n) is 7.81. The van der Waals surface area contributed by atoms with E-state index in [9.17, 15) is 9.90 Å². The number of ketones is 1. The first-order chi connectivity index (χ1) is 26.7. The number of hydrogen-bond donors (Lipinski definition) is 1. The van der Waals surface area contributed by atoms with Crippen molar-refractivity contribution in [2.45, 2.75) is 123 Å². The number of fused-ring (bicyclic) bond motifs is 4. The molecule has 1 N–H and O–H groups in total. The van der Waals surface area contributed by atoms with E-state index in [1.54, 1.807) is 0 Å². The Balaban J connectivity index is 0.000000295. The number of furan rings is 1. The van der Waals surface area contributed by atoms with Gasteiger partial charge in [0, 0.05) is 42.9 Å². The molecular formula is C50H61GeIrN2O3-. The Kier molecular flexibility index (Phi) is 14.5. The summed E-state index contributed by atoms with van der Waals surface area (Å²) in [6, 6.07) is 31.7. The molecule has 0 saturated heterocycles. The van der Waals surface area contributed by atoms with Gasteiger partial charge in [-0.05, 0) is 38.5 Å². The standard InChI is InChI=1S/C35H33GeN2O.C15H28O2.Ir/c1-36(2,3)25-17-19-32-30(21-25)29(23-11-6-4-7-12-23)22-33(37-32)28-16-10-15-26-27-18-20-31(24-13-8-5-9-14-24)38-35(27)39-34(26)28;1-7-14(5,8-2)12(16)11-13(17)15(6,9-3)10-4;/h4,6-7,10-12,15,17-22,24H,5,8-9,13-14H2,1-3H3;11,16H,7-10H2,1-6H3;/q-1;;/b;12-11-;. The number of aromatic nitrogens is 2. The van der Waals surface area contributed by atoms with Crippen LogP contribution in [0.4, 0.5) is 0 Å². The molecule has 5 nitrogen and oxygen atoms in total. The summed E-state index contributed by atoms with van der Waals surface area (Å²) >= 11 is -2.02. The van der Waals surface area contributed by atoms with Crippen LogP contribution in [-0.4, -0.2) is 34.1 Å². The molecule has 0 spiro atoms. The summed E-state index contributed by atoms with van der Waals surface area (Å²) in [5.41, 5.74) is 7.26. The minimum Gasteiger partial charge on any atom is 0 e. The van der Waals surface area contributed by atoms with Crippen molar-refractivity contribution >= 4 is 56.4 Å². The van der Waals surface area contributed by atoms with Crippen LogP contribution in [0.3, 0.4) is 0 Å². The Bertz CT molecular complexity index is 2340. The monoisotopic (exact) mass is 1000 g/mol. The number of pyridine rings is 2. The van der Waals surface area contributed by atoms with Gasteiger partial charge in [-0.1, -0.05) is 60.8 Å². The van der Waals surface area contributed by atoms with E-state index < -0.39 is 13.3 Å². The molecule has 1 radical (unpaired) electrons. The van der Waals surface area contributed by atoms with Crippen molar-refractivity contribution in [3.63, 3.8) is 0 Å². The molecule has 7 heteroatoms. The number of aliphatic hydroxyl groups excluding tert-OH is 1. The largest absolute Gasteiger partial charge is 0 e. The number of carbonyl (C=O) groups is 1. The molecule has 0 aliphatic heterocycles. The third kappa shape index (κ3) is 9.50. The van der Waals surface area contributed by atoms with Gasteiger partial charge in [0.1, 0.15) is 5.76 Å². The smallest absolute Gasteiger partial charge is 0 e. The van der Waals surface area contributed by atoms with E-state index in [4.69, 9.17) is 14.4 Å². The van der Waals surface area contributed by atoms with E-state index in [1.165, 1.54) is 64.8 Å². The average Bonchev–Trinajstić information content (AvgIpc) is 3.61.